The van der Waals surface area contributed by atoms with E-state index in [1.165, 1.54) is 19.3 Å². The van der Waals surface area contributed by atoms with Crippen molar-refractivity contribution < 1.29 is 22.3 Å². The van der Waals surface area contributed by atoms with Crippen LogP contribution >= 0.6 is 0 Å². The molecule has 0 unspecified atom stereocenters. The van der Waals surface area contributed by atoms with Gasteiger partial charge in [-0.2, -0.15) is 8.78 Å². The molecule has 0 radical (unpaired) electrons. The van der Waals surface area contributed by atoms with Crippen molar-refractivity contribution in [3.05, 3.63) is 0 Å². The molecule has 0 fully saturated rings. The van der Waals surface area contributed by atoms with Gasteiger partial charge in [-0.3, -0.25) is 0 Å². The summed E-state index contributed by atoms with van der Waals surface area (Å²) >= 11 is 0. The molecule has 110 valence electrons. The van der Waals surface area contributed by atoms with E-state index < -0.39 is 18.5 Å². The fourth-order valence-electron chi connectivity index (χ4n) is 1.49. The summed E-state index contributed by atoms with van der Waals surface area (Å²) in [7, 11) is 0. The maximum absolute atomic E-state index is 12.8. The molecule has 5 heteroatoms. The minimum Gasteiger partial charge on any atom is -0.375 e. The van der Waals surface area contributed by atoms with Crippen molar-refractivity contribution in [1.82, 2.24) is 0 Å². The summed E-state index contributed by atoms with van der Waals surface area (Å²) in [5.41, 5.74) is 0. The predicted molar refractivity (Wildman–Crippen MR) is 64.4 cm³/mol. The molecule has 0 aliphatic heterocycles. The Bertz CT molecular complexity index is 202. The van der Waals surface area contributed by atoms with Gasteiger partial charge in [0.15, 0.2) is 0 Å². The third-order valence-corrected chi connectivity index (χ3v) is 2.82. The highest BCUT2D eigenvalue weighted by atomic mass is 19.3. The summed E-state index contributed by atoms with van der Waals surface area (Å²) in [6, 6.07) is 0. The van der Waals surface area contributed by atoms with E-state index >= 15 is 0 Å². The molecule has 18 heavy (non-hydrogen) atoms. The molecule has 0 N–H and O–H groups in total. The fourth-order valence-corrected chi connectivity index (χ4v) is 1.49. The Kier molecular flexibility index (Phi) is 8.57. The first-order valence-corrected chi connectivity index (χ1v) is 6.64. The van der Waals surface area contributed by atoms with Crippen molar-refractivity contribution >= 4 is 0 Å². The third kappa shape index (κ3) is 7.90. The van der Waals surface area contributed by atoms with E-state index in [-0.39, 0.29) is 13.5 Å². The van der Waals surface area contributed by atoms with Crippen LogP contribution in [0.2, 0.25) is 0 Å². The van der Waals surface area contributed by atoms with Gasteiger partial charge < -0.3 is 4.74 Å². The number of ether oxygens (including phenoxy) is 1. The van der Waals surface area contributed by atoms with E-state index in [0.29, 0.717) is 6.42 Å². The van der Waals surface area contributed by atoms with Crippen LogP contribution in [-0.4, -0.2) is 25.1 Å². The Balaban J connectivity index is 3.41. The Morgan fingerprint density at radius 1 is 0.833 bits per heavy atom. The molecule has 0 spiro atoms. The minimum atomic E-state index is -4.08. The quantitative estimate of drug-likeness (QED) is 0.378. The zero-order chi connectivity index (χ0) is 14.1. The summed E-state index contributed by atoms with van der Waals surface area (Å²) < 4.78 is 55.0. The van der Waals surface area contributed by atoms with Gasteiger partial charge in [-0.1, -0.05) is 45.4 Å². The summed E-state index contributed by atoms with van der Waals surface area (Å²) in [5, 5.41) is 0. The van der Waals surface area contributed by atoms with Gasteiger partial charge in [0.1, 0.15) is 6.61 Å². The minimum absolute atomic E-state index is 0.124. The van der Waals surface area contributed by atoms with Gasteiger partial charge in [-0.15, -0.1) is 0 Å². The highest BCUT2D eigenvalue weighted by Gasteiger charge is 2.52. The average molecular weight is 272 g/mol. The van der Waals surface area contributed by atoms with E-state index in [1.807, 2.05) is 0 Å². The topological polar surface area (TPSA) is 9.23 Å². The lowest BCUT2D eigenvalue weighted by Gasteiger charge is -2.22. The molecule has 0 bridgehead atoms. The zero-order valence-corrected chi connectivity index (χ0v) is 11.3. The number of hydrogen-bond donors (Lipinski definition) is 0. The summed E-state index contributed by atoms with van der Waals surface area (Å²) in [6.45, 7) is 1.27. The maximum Gasteiger partial charge on any atom is 0.332 e. The van der Waals surface area contributed by atoms with Gasteiger partial charge in [-0.05, 0) is 6.42 Å². The highest BCUT2D eigenvalue weighted by molar-refractivity contribution is 4.79. The Labute approximate surface area is 107 Å². The lowest BCUT2D eigenvalue weighted by Crippen LogP contribution is -2.41. The molecule has 0 atom stereocenters. The number of rotatable bonds is 11. The highest BCUT2D eigenvalue weighted by Crippen LogP contribution is 2.33. The molecule has 1 nitrogen and oxygen atoms in total. The van der Waals surface area contributed by atoms with Gasteiger partial charge in [-0.25, -0.2) is 8.78 Å². The molecule has 0 heterocycles. The van der Waals surface area contributed by atoms with Gasteiger partial charge in [0.25, 0.3) is 0 Å². The molecule has 0 saturated carbocycles. The van der Waals surface area contributed by atoms with Crippen molar-refractivity contribution in [3.63, 3.8) is 0 Å². The summed E-state index contributed by atoms with van der Waals surface area (Å²) in [6.07, 6.45) is 7.32. The summed E-state index contributed by atoms with van der Waals surface area (Å²) in [4.78, 5) is 0. The summed E-state index contributed by atoms with van der Waals surface area (Å²) in [5.74, 6) is -8.10. The Morgan fingerprint density at radius 2 is 1.33 bits per heavy atom. The van der Waals surface area contributed by atoms with Crippen molar-refractivity contribution in [3.8, 4) is 0 Å². The van der Waals surface area contributed by atoms with Gasteiger partial charge in [0.05, 0.1) is 0 Å². The van der Waals surface area contributed by atoms with Gasteiger partial charge in [0, 0.05) is 13.5 Å². The molecule has 0 aliphatic carbocycles. The number of alkyl halides is 4. The smallest absolute Gasteiger partial charge is 0.332 e. The molecule has 0 rings (SSSR count). The number of unbranched alkanes of at least 4 members (excludes halogenated alkanes) is 6. The second-order valence-electron chi connectivity index (χ2n) is 4.77. The van der Waals surface area contributed by atoms with Crippen molar-refractivity contribution in [2.24, 2.45) is 0 Å². The number of hydrogen-bond acceptors (Lipinski definition) is 1. The predicted octanol–water partition coefficient (Wildman–Crippen LogP) is 5.04. The van der Waals surface area contributed by atoms with Crippen LogP contribution in [0.3, 0.4) is 0 Å². The lowest BCUT2D eigenvalue weighted by atomic mass is 10.1. The molecule has 0 aromatic heterocycles. The van der Waals surface area contributed by atoms with Crippen LogP contribution in [0.25, 0.3) is 0 Å². The van der Waals surface area contributed by atoms with Crippen LogP contribution in [0, 0.1) is 0 Å². The molecule has 0 aromatic carbocycles. The van der Waals surface area contributed by atoms with Crippen molar-refractivity contribution in [1.29, 1.82) is 0 Å². The van der Waals surface area contributed by atoms with E-state index in [2.05, 4.69) is 11.7 Å². The molecular formula is C13H24F4O. The number of halogens is 4. The molecule has 0 aromatic rings. The van der Waals surface area contributed by atoms with Crippen LogP contribution in [0.15, 0.2) is 0 Å². The monoisotopic (exact) mass is 272 g/mol. The zero-order valence-electron chi connectivity index (χ0n) is 11.3. The SMILES string of the molecule is CCCCCCCCCOCC(F)(F)C(C)(F)F. The normalized spacial score (nSPS) is 13.0. The first-order valence-electron chi connectivity index (χ1n) is 6.64. The fraction of sp³-hybridized carbons (Fsp3) is 1.00. The molecule has 0 saturated heterocycles. The van der Waals surface area contributed by atoms with Crippen molar-refractivity contribution in [2.75, 3.05) is 13.2 Å². The first-order chi connectivity index (χ1) is 8.31. The van der Waals surface area contributed by atoms with E-state index in [4.69, 9.17) is 0 Å². The van der Waals surface area contributed by atoms with Gasteiger partial charge in [0.2, 0.25) is 0 Å². The second-order valence-corrected chi connectivity index (χ2v) is 4.77. The second kappa shape index (κ2) is 8.73. The van der Waals surface area contributed by atoms with E-state index in [9.17, 15) is 17.6 Å². The third-order valence-electron chi connectivity index (χ3n) is 2.82. The van der Waals surface area contributed by atoms with Crippen LogP contribution in [0.1, 0.15) is 58.8 Å². The van der Waals surface area contributed by atoms with Crippen molar-refractivity contribution in [2.45, 2.75) is 70.6 Å². The van der Waals surface area contributed by atoms with E-state index in [1.54, 1.807) is 0 Å². The van der Waals surface area contributed by atoms with Crippen LogP contribution in [0.5, 0.6) is 0 Å². The Morgan fingerprint density at radius 3 is 1.83 bits per heavy atom. The first kappa shape index (κ1) is 17.7. The van der Waals surface area contributed by atoms with E-state index in [0.717, 1.165) is 19.3 Å². The molecular weight excluding hydrogens is 248 g/mol. The lowest BCUT2D eigenvalue weighted by molar-refractivity contribution is -0.222. The van der Waals surface area contributed by atoms with Crippen LogP contribution in [0.4, 0.5) is 17.6 Å². The van der Waals surface area contributed by atoms with Gasteiger partial charge >= 0.3 is 11.8 Å². The standard InChI is InChI=1S/C13H24F4O/c1-3-4-5-6-7-8-9-10-18-11-13(16,17)12(2,14)15/h3-11H2,1-2H3. The average Bonchev–Trinajstić information content (AvgIpc) is 2.25. The molecule has 0 aliphatic rings. The Hall–Kier alpha value is -0.320. The maximum atomic E-state index is 12.8. The molecule has 0 amide bonds. The largest absolute Gasteiger partial charge is 0.375 e. The van der Waals surface area contributed by atoms with Crippen LogP contribution < -0.4 is 0 Å². The van der Waals surface area contributed by atoms with Crippen LogP contribution in [-0.2, 0) is 4.74 Å².